The number of halogens is 2. The number of thiazole rings is 1. The zero-order chi connectivity index (χ0) is 25.1. The van der Waals surface area contributed by atoms with Crippen molar-refractivity contribution in [2.24, 2.45) is 5.16 Å². The van der Waals surface area contributed by atoms with E-state index < -0.39 is 0 Å². The predicted octanol–water partition coefficient (Wildman–Crippen LogP) is 4.76. The molecule has 2 aliphatic heterocycles. The van der Waals surface area contributed by atoms with Crippen molar-refractivity contribution < 1.29 is 14.4 Å². The monoisotopic (exact) mass is 542 g/mol. The van der Waals surface area contributed by atoms with Crippen molar-refractivity contribution in [1.82, 2.24) is 19.9 Å². The van der Waals surface area contributed by atoms with Gasteiger partial charge >= 0.3 is 6.01 Å². The minimum Gasteiger partial charge on any atom is -0.453 e. The number of benzene rings is 1. The van der Waals surface area contributed by atoms with E-state index in [4.69, 9.17) is 43.0 Å². The van der Waals surface area contributed by atoms with E-state index in [1.807, 2.05) is 11.4 Å². The first-order valence-corrected chi connectivity index (χ1v) is 12.9. The summed E-state index contributed by atoms with van der Waals surface area (Å²) < 4.78 is 5.37. The lowest BCUT2D eigenvalue weighted by Crippen LogP contribution is -2.40. The fourth-order valence-corrected chi connectivity index (χ4v) is 5.82. The summed E-state index contributed by atoms with van der Waals surface area (Å²) >= 11 is 14.2. The summed E-state index contributed by atoms with van der Waals surface area (Å²) in [6, 6.07) is 8.78. The summed E-state index contributed by atoms with van der Waals surface area (Å²) in [5.74, 6) is 0.127. The number of aromatic nitrogens is 3. The van der Waals surface area contributed by atoms with Crippen LogP contribution in [-0.4, -0.2) is 51.2 Å². The SMILES string of the molecule is N#Cc1ccnc(OCC(=O)N2CCC(c3nc(C4=NOC(c5c(Cl)cccc5Cl)C4)cs3)CC2)n1. The Morgan fingerprint density at radius 3 is 2.75 bits per heavy atom. The van der Waals surface area contributed by atoms with Gasteiger partial charge in [-0.3, -0.25) is 4.79 Å². The first-order valence-electron chi connectivity index (χ1n) is 11.3. The first kappa shape index (κ1) is 24.4. The maximum atomic E-state index is 12.6. The smallest absolute Gasteiger partial charge is 0.318 e. The number of oxime groups is 1. The van der Waals surface area contributed by atoms with E-state index in [1.54, 1.807) is 34.4 Å². The van der Waals surface area contributed by atoms with Gasteiger partial charge in [0, 0.05) is 52.6 Å². The lowest BCUT2D eigenvalue weighted by molar-refractivity contribution is -0.134. The van der Waals surface area contributed by atoms with Crippen LogP contribution in [0.15, 0.2) is 41.0 Å². The van der Waals surface area contributed by atoms with Gasteiger partial charge in [-0.05, 0) is 31.0 Å². The van der Waals surface area contributed by atoms with E-state index in [2.05, 4.69) is 15.1 Å². The highest BCUT2D eigenvalue weighted by Crippen LogP contribution is 2.38. The van der Waals surface area contributed by atoms with Crippen molar-refractivity contribution in [3.8, 4) is 12.1 Å². The minimum absolute atomic E-state index is 0.0189. The third-order valence-electron chi connectivity index (χ3n) is 6.08. The van der Waals surface area contributed by atoms with Crippen LogP contribution in [0.25, 0.3) is 0 Å². The fraction of sp³-hybridized carbons (Fsp3) is 0.333. The number of hydrogen-bond donors (Lipinski definition) is 0. The van der Waals surface area contributed by atoms with Crippen LogP contribution in [0, 0.1) is 11.3 Å². The highest BCUT2D eigenvalue weighted by molar-refractivity contribution is 7.10. The Balaban J connectivity index is 1.13. The molecular formula is C24H20Cl2N6O3S. The zero-order valence-corrected chi connectivity index (χ0v) is 21.3. The quantitative estimate of drug-likeness (QED) is 0.440. The van der Waals surface area contributed by atoms with Gasteiger partial charge in [0.05, 0.1) is 10.7 Å². The highest BCUT2D eigenvalue weighted by atomic mass is 35.5. The largest absolute Gasteiger partial charge is 0.453 e. The van der Waals surface area contributed by atoms with Crippen LogP contribution in [0.4, 0.5) is 0 Å². The van der Waals surface area contributed by atoms with Crippen LogP contribution in [-0.2, 0) is 9.63 Å². The van der Waals surface area contributed by atoms with Crippen molar-refractivity contribution in [1.29, 1.82) is 5.26 Å². The number of carbonyl (C=O) groups excluding carboxylic acids is 1. The fourth-order valence-electron chi connectivity index (χ4n) is 4.18. The molecule has 2 aliphatic rings. The maximum Gasteiger partial charge on any atom is 0.318 e. The number of likely N-dealkylation sites (tertiary alicyclic amines) is 1. The van der Waals surface area contributed by atoms with Gasteiger partial charge in [-0.25, -0.2) is 9.97 Å². The summed E-state index contributed by atoms with van der Waals surface area (Å²) in [4.78, 5) is 32.6. The third kappa shape index (κ3) is 5.28. The molecule has 0 radical (unpaired) electrons. The number of rotatable bonds is 6. The highest BCUT2D eigenvalue weighted by Gasteiger charge is 2.30. The number of nitriles is 1. The zero-order valence-electron chi connectivity index (χ0n) is 18.9. The van der Waals surface area contributed by atoms with Gasteiger partial charge in [0.25, 0.3) is 5.91 Å². The van der Waals surface area contributed by atoms with Crippen molar-refractivity contribution in [3.05, 3.63) is 67.8 Å². The second-order valence-electron chi connectivity index (χ2n) is 8.32. The Labute approximate surface area is 221 Å². The molecule has 1 aromatic carbocycles. The Morgan fingerprint density at radius 2 is 2.00 bits per heavy atom. The summed E-state index contributed by atoms with van der Waals surface area (Å²) in [6.07, 6.45) is 3.24. The lowest BCUT2D eigenvalue weighted by atomic mass is 9.97. The van der Waals surface area contributed by atoms with Gasteiger partial charge < -0.3 is 14.5 Å². The van der Waals surface area contributed by atoms with Gasteiger partial charge in [-0.2, -0.15) is 10.2 Å². The maximum absolute atomic E-state index is 12.6. The van der Waals surface area contributed by atoms with E-state index in [1.165, 1.54) is 12.3 Å². The second-order valence-corrected chi connectivity index (χ2v) is 10.0. The molecule has 0 saturated carbocycles. The van der Waals surface area contributed by atoms with Gasteiger partial charge in [0.2, 0.25) is 0 Å². The molecule has 0 aliphatic carbocycles. The van der Waals surface area contributed by atoms with Crippen molar-refractivity contribution in [2.45, 2.75) is 31.3 Å². The van der Waals surface area contributed by atoms with Crippen molar-refractivity contribution >= 4 is 46.2 Å². The molecule has 3 aromatic rings. The molecule has 1 saturated heterocycles. The van der Waals surface area contributed by atoms with E-state index in [0.29, 0.717) is 29.6 Å². The molecule has 184 valence electrons. The number of carbonyl (C=O) groups is 1. The summed E-state index contributed by atoms with van der Waals surface area (Å²) in [6.45, 7) is 1.05. The Bertz CT molecular complexity index is 1330. The van der Waals surface area contributed by atoms with Gasteiger partial charge in [-0.15, -0.1) is 11.3 Å². The van der Waals surface area contributed by atoms with E-state index in [9.17, 15) is 4.79 Å². The normalized spacial score (nSPS) is 17.9. The third-order valence-corrected chi connectivity index (χ3v) is 7.74. The summed E-state index contributed by atoms with van der Waals surface area (Å²) in [7, 11) is 0. The van der Waals surface area contributed by atoms with Crippen LogP contribution >= 0.6 is 34.5 Å². The molecule has 0 N–H and O–H groups in total. The Morgan fingerprint density at radius 1 is 1.22 bits per heavy atom. The molecule has 4 heterocycles. The average molecular weight is 543 g/mol. The molecule has 9 nitrogen and oxygen atoms in total. The van der Waals surface area contributed by atoms with E-state index in [0.717, 1.165) is 34.8 Å². The molecule has 2 aromatic heterocycles. The molecule has 5 rings (SSSR count). The van der Waals surface area contributed by atoms with E-state index in [-0.39, 0.29) is 36.2 Å². The minimum atomic E-state index is -0.337. The number of nitrogens with zero attached hydrogens (tertiary/aromatic N) is 6. The molecule has 0 bridgehead atoms. The van der Waals surface area contributed by atoms with Crippen LogP contribution in [0.1, 0.15) is 53.2 Å². The van der Waals surface area contributed by atoms with Crippen LogP contribution in [0.2, 0.25) is 10.0 Å². The molecule has 36 heavy (non-hydrogen) atoms. The van der Waals surface area contributed by atoms with Crippen LogP contribution < -0.4 is 4.74 Å². The van der Waals surface area contributed by atoms with E-state index >= 15 is 0 Å². The molecule has 1 unspecified atom stereocenters. The summed E-state index contributed by atoms with van der Waals surface area (Å²) in [5, 5.41) is 17.3. The Hall–Kier alpha value is -3.26. The first-order chi connectivity index (χ1) is 17.5. The molecule has 1 amide bonds. The number of hydrogen-bond acceptors (Lipinski definition) is 9. The molecule has 1 atom stereocenters. The van der Waals surface area contributed by atoms with Crippen molar-refractivity contribution in [3.63, 3.8) is 0 Å². The number of ether oxygens (including phenoxy) is 1. The molecular weight excluding hydrogens is 523 g/mol. The second kappa shape index (κ2) is 10.8. The van der Waals surface area contributed by atoms with Crippen LogP contribution in [0.3, 0.4) is 0 Å². The molecule has 1 fully saturated rings. The molecule has 12 heteroatoms. The number of piperidine rings is 1. The molecule has 0 spiro atoms. The summed E-state index contributed by atoms with van der Waals surface area (Å²) in [5.41, 5.74) is 2.49. The predicted molar refractivity (Wildman–Crippen MR) is 134 cm³/mol. The number of amides is 1. The lowest BCUT2D eigenvalue weighted by Gasteiger charge is -2.31. The van der Waals surface area contributed by atoms with Crippen molar-refractivity contribution in [2.75, 3.05) is 19.7 Å². The topological polar surface area (TPSA) is 114 Å². The average Bonchev–Trinajstić information content (AvgIpc) is 3.58. The standard InChI is InChI=1S/C24H20Cl2N6O3S/c25-16-2-1-3-17(26)22(16)20-10-18(31-35-20)19-13-36-23(30-19)14-5-8-32(9-6-14)21(33)12-34-24-28-7-4-15(11-27)29-24/h1-4,7,13-14,20H,5-6,8-10,12H2. The Kier molecular flexibility index (Phi) is 7.32. The van der Waals surface area contributed by atoms with Gasteiger partial charge in [-0.1, -0.05) is 34.4 Å². The van der Waals surface area contributed by atoms with Gasteiger partial charge in [0.15, 0.2) is 12.7 Å². The van der Waals surface area contributed by atoms with Gasteiger partial charge in [0.1, 0.15) is 17.5 Å². The van der Waals surface area contributed by atoms with Crippen LogP contribution in [0.5, 0.6) is 6.01 Å².